The molecule has 22 heavy (non-hydrogen) atoms. The van der Waals surface area contributed by atoms with Crippen LogP contribution in [0, 0.1) is 5.92 Å². The van der Waals surface area contributed by atoms with Crippen molar-refractivity contribution >= 4 is 17.6 Å². The maximum atomic E-state index is 12.3. The van der Waals surface area contributed by atoms with Crippen molar-refractivity contribution in [3.8, 4) is 0 Å². The summed E-state index contributed by atoms with van der Waals surface area (Å²) in [5, 5.41) is 2.80. The fraction of sp³-hybridized carbons (Fsp3) is 0.312. The fourth-order valence-electron chi connectivity index (χ4n) is 2.61. The van der Waals surface area contributed by atoms with E-state index in [1.165, 1.54) is 12.5 Å². The number of rotatable bonds is 3. The zero-order valence-electron chi connectivity index (χ0n) is 12.1. The van der Waals surface area contributed by atoms with Crippen molar-refractivity contribution in [2.75, 3.05) is 18.4 Å². The molecule has 6 nitrogen and oxygen atoms in total. The lowest BCUT2D eigenvalue weighted by Crippen LogP contribution is -2.43. The van der Waals surface area contributed by atoms with Gasteiger partial charge in [0.25, 0.3) is 5.91 Å². The molecule has 0 radical (unpaired) electrons. The molecule has 3 heterocycles. The number of piperidine rings is 1. The Balaban J connectivity index is 1.63. The van der Waals surface area contributed by atoms with Gasteiger partial charge in [-0.1, -0.05) is 6.07 Å². The second-order valence-electron chi connectivity index (χ2n) is 5.31. The quantitative estimate of drug-likeness (QED) is 0.942. The van der Waals surface area contributed by atoms with E-state index >= 15 is 0 Å². The average molecular weight is 299 g/mol. The minimum absolute atomic E-state index is 0.0934. The molecule has 1 N–H and O–H groups in total. The van der Waals surface area contributed by atoms with Crippen LogP contribution in [0.4, 0.5) is 5.82 Å². The summed E-state index contributed by atoms with van der Waals surface area (Å²) in [6.45, 7) is 1.08. The largest absolute Gasteiger partial charge is 0.472 e. The second-order valence-corrected chi connectivity index (χ2v) is 5.31. The molecule has 0 saturated carbocycles. The molecule has 114 valence electrons. The van der Waals surface area contributed by atoms with Crippen molar-refractivity contribution in [1.29, 1.82) is 0 Å². The second kappa shape index (κ2) is 6.43. The number of carbonyl (C=O) groups excluding carboxylic acids is 2. The van der Waals surface area contributed by atoms with E-state index in [0.717, 1.165) is 12.8 Å². The molecule has 1 atom stereocenters. The third-order valence-electron chi connectivity index (χ3n) is 3.76. The van der Waals surface area contributed by atoms with Gasteiger partial charge in [0.05, 0.1) is 17.7 Å². The molecular weight excluding hydrogens is 282 g/mol. The summed E-state index contributed by atoms with van der Waals surface area (Å²) in [5.74, 6) is 0.130. The highest BCUT2D eigenvalue weighted by Crippen LogP contribution is 2.20. The predicted molar refractivity (Wildman–Crippen MR) is 80.2 cm³/mol. The van der Waals surface area contributed by atoms with Gasteiger partial charge in [0.2, 0.25) is 5.91 Å². The highest BCUT2D eigenvalue weighted by atomic mass is 16.3. The molecule has 1 saturated heterocycles. The van der Waals surface area contributed by atoms with Gasteiger partial charge in [-0.05, 0) is 31.0 Å². The van der Waals surface area contributed by atoms with E-state index in [1.807, 2.05) is 6.07 Å². The number of nitrogens with one attached hydrogen (secondary N) is 1. The molecule has 2 amide bonds. The molecule has 1 unspecified atom stereocenters. The number of carbonyl (C=O) groups is 2. The summed E-state index contributed by atoms with van der Waals surface area (Å²) in [6.07, 6.45) is 6.12. The van der Waals surface area contributed by atoms with E-state index in [9.17, 15) is 9.59 Å². The smallest absolute Gasteiger partial charge is 0.257 e. The van der Waals surface area contributed by atoms with Crippen LogP contribution in [-0.4, -0.2) is 34.8 Å². The summed E-state index contributed by atoms with van der Waals surface area (Å²) in [6, 6.07) is 6.99. The van der Waals surface area contributed by atoms with Crippen LogP contribution in [0.1, 0.15) is 23.2 Å². The van der Waals surface area contributed by atoms with Gasteiger partial charge in [-0.25, -0.2) is 4.98 Å². The molecule has 0 aromatic carbocycles. The number of anilines is 1. The summed E-state index contributed by atoms with van der Waals surface area (Å²) in [7, 11) is 0. The first-order chi connectivity index (χ1) is 10.7. The van der Waals surface area contributed by atoms with E-state index in [2.05, 4.69) is 10.3 Å². The number of amides is 2. The highest BCUT2D eigenvalue weighted by Gasteiger charge is 2.29. The van der Waals surface area contributed by atoms with Crippen molar-refractivity contribution in [2.45, 2.75) is 12.8 Å². The monoisotopic (exact) mass is 299 g/mol. The number of pyridine rings is 1. The molecule has 1 aliphatic rings. The van der Waals surface area contributed by atoms with E-state index in [4.69, 9.17) is 4.42 Å². The normalized spacial score (nSPS) is 18.0. The van der Waals surface area contributed by atoms with Crippen molar-refractivity contribution in [3.05, 3.63) is 48.6 Å². The van der Waals surface area contributed by atoms with E-state index in [1.54, 1.807) is 29.3 Å². The number of nitrogens with zero attached hydrogens (tertiary/aromatic N) is 2. The van der Waals surface area contributed by atoms with Gasteiger partial charge in [-0.15, -0.1) is 0 Å². The number of likely N-dealkylation sites (tertiary alicyclic amines) is 1. The van der Waals surface area contributed by atoms with Crippen molar-refractivity contribution in [3.63, 3.8) is 0 Å². The van der Waals surface area contributed by atoms with Gasteiger partial charge >= 0.3 is 0 Å². The maximum Gasteiger partial charge on any atom is 0.257 e. The minimum atomic E-state index is -0.216. The lowest BCUT2D eigenvalue weighted by atomic mass is 9.96. The van der Waals surface area contributed by atoms with Crippen LogP contribution >= 0.6 is 0 Å². The Kier molecular flexibility index (Phi) is 4.18. The van der Waals surface area contributed by atoms with Crippen LogP contribution in [0.25, 0.3) is 0 Å². The van der Waals surface area contributed by atoms with Gasteiger partial charge < -0.3 is 14.6 Å². The third kappa shape index (κ3) is 3.16. The zero-order chi connectivity index (χ0) is 15.4. The van der Waals surface area contributed by atoms with Crippen LogP contribution in [0.5, 0.6) is 0 Å². The van der Waals surface area contributed by atoms with Gasteiger partial charge in [-0.2, -0.15) is 0 Å². The standard InChI is InChI=1S/C16H17N3O3/c20-15(18-14-5-1-2-7-17-14)12-4-3-8-19(10-12)16(21)13-6-9-22-11-13/h1-2,5-7,9,11-12H,3-4,8,10H2,(H,17,18,20). The van der Waals surface area contributed by atoms with E-state index in [-0.39, 0.29) is 17.7 Å². The van der Waals surface area contributed by atoms with Crippen molar-refractivity contribution in [2.24, 2.45) is 5.92 Å². The van der Waals surface area contributed by atoms with Crippen LogP contribution in [0.3, 0.4) is 0 Å². The number of hydrogen-bond acceptors (Lipinski definition) is 4. The van der Waals surface area contributed by atoms with Gasteiger partial charge in [0, 0.05) is 19.3 Å². The SMILES string of the molecule is O=C(Nc1ccccn1)C1CCCN(C(=O)c2ccoc2)C1. The molecule has 3 rings (SSSR count). The third-order valence-corrected chi connectivity index (χ3v) is 3.76. The van der Waals surface area contributed by atoms with Crippen LogP contribution in [0.15, 0.2) is 47.4 Å². The molecule has 1 aliphatic heterocycles. The zero-order valence-corrected chi connectivity index (χ0v) is 12.1. The first kappa shape index (κ1) is 14.3. The lowest BCUT2D eigenvalue weighted by molar-refractivity contribution is -0.121. The van der Waals surface area contributed by atoms with Crippen LogP contribution in [0.2, 0.25) is 0 Å². The van der Waals surface area contributed by atoms with Crippen molar-refractivity contribution < 1.29 is 14.0 Å². The average Bonchev–Trinajstić information content (AvgIpc) is 3.09. The number of aromatic nitrogens is 1. The van der Waals surface area contributed by atoms with E-state index < -0.39 is 0 Å². The maximum absolute atomic E-state index is 12.3. The minimum Gasteiger partial charge on any atom is -0.472 e. The highest BCUT2D eigenvalue weighted by molar-refractivity contribution is 5.95. The summed E-state index contributed by atoms with van der Waals surface area (Å²) in [5.41, 5.74) is 0.519. The first-order valence-corrected chi connectivity index (χ1v) is 7.27. The Bertz CT molecular complexity index is 640. The Hall–Kier alpha value is -2.63. The molecule has 6 heteroatoms. The molecule has 2 aromatic heterocycles. The summed E-state index contributed by atoms with van der Waals surface area (Å²) < 4.78 is 4.94. The molecule has 0 spiro atoms. The van der Waals surface area contributed by atoms with Crippen LogP contribution in [-0.2, 0) is 4.79 Å². The molecule has 0 bridgehead atoms. The topological polar surface area (TPSA) is 75.4 Å². The number of hydrogen-bond donors (Lipinski definition) is 1. The van der Waals surface area contributed by atoms with Crippen LogP contribution < -0.4 is 5.32 Å². The summed E-state index contributed by atoms with van der Waals surface area (Å²) >= 11 is 0. The Morgan fingerprint density at radius 1 is 1.32 bits per heavy atom. The molecule has 1 fully saturated rings. The Labute approximate surface area is 128 Å². The molecule has 2 aromatic rings. The first-order valence-electron chi connectivity index (χ1n) is 7.27. The summed E-state index contributed by atoms with van der Waals surface area (Å²) in [4.78, 5) is 30.4. The predicted octanol–water partition coefficient (Wildman–Crippen LogP) is 2.17. The van der Waals surface area contributed by atoms with E-state index in [0.29, 0.717) is 24.5 Å². The van der Waals surface area contributed by atoms with Gasteiger partial charge in [0.1, 0.15) is 12.1 Å². The number of furan rings is 1. The van der Waals surface area contributed by atoms with Crippen molar-refractivity contribution in [1.82, 2.24) is 9.88 Å². The van der Waals surface area contributed by atoms with Gasteiger partial charge in [-0.3, -0.25) is 9.59 Å². The lowest BCUT2D eigenvalue weighted by Gasteiger charge is -2.31. The van der Waals surface area contributed by atoms with Gasteiger partial charge in [0.15, 0.2) is 0 Å². The fourth-order valence-corrected chi connectivity index (χ4v) is 2.61. The molecular formula is C16H17N3O3. The molecule has 0 aliphatic carbocycles. The Morgan fingerprint density at radius 3 is 2.95 bits per heavy atom. The Morgan fingerprint density at radius 2 is 2.23 bits per heavy atom.